The van der Waals surface area contributed by atoms with Crippen LogP contribution in [0.25, 0.3) is 11.0 Å². The van der Waals surface area contributed by atoms with Crippen LogP contribution in [0, 0.1) is 5.82 Å². The molecule has 0 radical (unpaired) electrons. The first-order chi connectivity index (χ1) is 6.81. The van der Waals surface area contributed by atoms with E-state index in [4.69, 9.17) is 4.42 Å². The highest BCUT2D eigenvalue weighted by Gasteiger charge is 2.04. The average Bonchev–Trinajstić information content (AvgIpc) is 2.67. The van der Waals surface area contributed by atoms with Crippen molar-refractivity contribution in [1.82, 2.24) is 0 Å². The summed E-state index contributed by atoms with van der Waals surface area (Å²) in [5, 5.41) is 0.840. The Hall–Kier alpha value is -1.35. The van der Waals surface area contributed by atoms with E-state index in [1.165, 1.54) is 19.2 Å². The molecular formula is C11H14FNO. The summed E-state index contributed by atoms with van der Waals surface area (Å²) in [4.78, 5) is 0. The Morgan fingerprint density at radius 1 is 1.36 bits per heavy atom. The number of fused-ring (bicyclic) bond motifs is 1. The zero-order valence-corrected chi connectivity index (χ0v) is 8.38. The molecule has 0 fully saturated rings. The molecule has 2 aromatic rings. The van der Waals surface area contributed by atoms with E-state index >= 15 is 0 Å². The van der Waals surface area contributed by atoms with E-state index in [1.54, 1.807) is 12.3 Å². The molecule has 0 aliphatic carbocycles. The second-order valence-corrected chi connectivity index (χ2v) is 2.76. The average molecular weight is 195 g/mol. The summed E-state index contributed by atoms with van der Waals surface area (Å²) in [5.41, 5.74) is 6.23. The van der Waals surface area contributed by atoms with Gasteiger partial charge >= 0.3 is 0 Å². The highest BCUT2D eigenvalue weighted by atomic mass is 19.1. The van der Waals surface area contributed by atoms with Crippen molar-refractivity contribution in [1.29, 1.82) is 0 Å². The second kappa shape index (κ2) is 4.77. The Morgan fingerprint density at radius 3 is 2.71 bits per heavy atom. The highest BCUT2D eigenvalue weighted by molar-refractivity contribution is 5.80. The van der Waals surface area contributed by atoms with Gasteiger partial charge in [-0.05, 0) is 37.2 Å². The van der Waals surface area contributed by atoms with E-state index in [2.05, 4.69) is 5.73 Å². The molecule has 1 aromatic heterocycles. The second-order valence-electron chi connectivity index (χ2n) is 2.76. The van der Waals surface area contributed by atoms with Crippen molar-refractivity contribution >= 4 is 11.0 Å². The molecule has 1 heterocycles. The molecule has 3 heteroatoms. The van der Waals surface area contributed by atoms with Crippen molar-refractivity contribution < 1.29 is 8.81 Å². The van der Waals surface area contributed by atoms with Gasteiger partial charge in [-0.3, -0.25) is 0 Å². The Labute approximate surface area is 82.5 Å². The topological polar surface area (TPSA) is 39.2 Å². The van der Waals surface area contributed by atoms with Gasteiger partial charge in [0.1, 0.15) is 11.4 Å². The van der Waals surface area contributed by atoms with Crippen LogP contribution >= 0.6 is 0 Å². The number of halogens is 1. The lowest BCUT2D eigenvalue weighted by Gasteiger charge is -1.97. The number of furan rings is 1. The fourth-order valence-corrected chi connectivity index (χ4v) is 1.38. The van der Waals surface area contributed by atoms with Gasteiger partial charge in [-0.15, -0.1) is 0 Å². The van der Waals surface area contributed by atoms with Gasteiger partial charge in [0.15, 0.2) is 0 Å². The van der Waals surface area contributed by atoms with Crippen molar-refractivity contribution in [2.75, 3.05) is 7.05 Å². The minimum Gasteiger partial charge on any atom is -0.464 e. The molecule has 0 unspecified atom stereocenters. The summed E-state index contributed by atoms with van der Waals surface area (Å²) < 4.78 is 18.1. The maximum absolute atomic E-state index is 12.9. The van der Waals surface area contributed by atoms with Crippen LogP contribution in [0.2, 0.25) is 0 Å². The van der Waals surface area contributed by atoms with Crippen molar-refractivity contribution in [3.63, 3.8) is 0 Å². The third kappa shape index (κ3) is 1.93. The van der Waals surface area contributed by atoms with Crippen molar-refractivity contribution in [2.24, 2.45) is 5.73 Å². The lowest BCUT2D eigenvalue weighted by Crippen LogP contribution is -1.83. The van der Waals surface area contributed by atoms with Crippen LogP contribution in [0.4, 0.5) is 4.39 Å². The first-order valence-electron chi connectivity index (χ1n) is 4.54. The summed E-state index contributed by atoms with van der Waals surface area (Å²) in [6, 6.07) is 4.78. The number of hydrogen-bond acceptors (Lipinski definition) is 2. The molecule has 2 N–H and O–H groups in total. The summed E-state index contributed by atoms with van der Waals surface area (Å²) in [6.07, 6.45) is 2.38. The molecule has 0 aliphatic rings. The molecule has 0 atom stereocenters. The Morgan fingerprint density at radius 2 is 2.07 bits per heavy atom. The van der Waals surface area contributed by atoms with Crippen LogP contribution in [0.1, 0.15) is 12.5 Å². The first-order valence-corrected chi connectivity index (χ1v) is 4.54. The zero-order chi connectivity index (χ0) is 10.6. The van der Waals surface area contributed by atoms with E-state index < -0.39 is 0 Å². The van der Waals surface area contributed by atoms with Crippen LogP contribution in [0.15, 0.2) is 28.9 Å². The maximum atomic E-state index is 12.9. The van der Waals surface area contributed by atoms with Gasteiger partial charge in [0.05, 0.1) is 6.26 Å². The SMILES string of the molecule is CCc1cc(F)cc2ccoc12.CN. The molecule has 0 aliphatic heterocycles. The number of benzene rings is 1. The van der Waals surface area contributed by atoms with Crippen LogP contribution in [0.5, 0.6) is 0 Å². The molecule has 14 heavy (non-hydrogen) atoms. The van der Waals surface area contributed by atoms with Crippen molar-refractivity contribution in [3.8, 4) is 0 Å². The predicted octanol–water partition coefficient (Wildman–Crippen LogP) is 2.71. The van der Waals surface area contributed by atoms with Crippen molar-refractivity contribution in [2.45, 2.75) is 13.3 Å². The van der Waals surface area contributed by atoms with Gasteiger partial charge in [-0.1, -0.05) is 6.92 Å². The predicted molar refractivity (Wildman–Crippen MR) is 55.7 cm³/mol. The van der Waals surface area contributed by atoms with Gasteiger partial charge in [0.25, 0.3) is 0 Å². The van der Waals surface area contributed by atoms with E-state index in [1.807, 2.05) is 6.92 Å². The largest absolute Gasteiger partial charge is 0.464 e. The molecule has 76 valence electrons. The van der Waals surface area contributed by atoms with E-state index in [0.29, 0.717) is 0 Å². The van der Waals surface area contributed by atoms with Gasteiger partial charge in [0, 0.05) is 5.39 Å². The number of rotatable bonds is 1. The van der Waals surface area contributed by atoms with Crippen LogP contribution in [0.3, 0.4) is 0 Å². The molecule has 2 rings (SSSR count). The third-order valence-electron chi connectivity index (χ3n) is 1.97. The monoisotopic (exact) mass is 195 g/mol. The molecule has 0 saturated heterocycles. The molecule has 1 aromatic carbocycles. The number of hydrogen-bond donors (Lipinski definition) is 1. The quantitative estimate of drug-likeness (QED) is 0.759. The number of aryl methyl sites for hydroxylation is 1. The van der Waals surface area contributed by atoms with Crippen molar-refractivity contribution in [3.05, 3.63) is 35.8 Å². The fraction of sp³-hybridized carbons (Fsp3) is 0.273. The first kappa shape index (κ1) is 10.7. The van der Waals surface area contributed by atoms with Crippen LogP contribution in [-0.2, 0) is 6.42 Å². The lowest BCUT2D eigenvalue weighted by atomic mass is 10.1. The fourth-order valence-electron chi connectivity index (χ4n) is 1.38. The highest BCUT2D eigenvalue weighted by Crippen LogP contribution is 2.21. The molecule has 0 spiro atoms. The minimum absolute atomic E-state index is 0.194. The van der Waals surface area contributed by atoms with Gasteiger partial charge in [-0.2, -0.15) is 0 Å². The van der Waals surface area contributed by atoms with Gasteiger partial charge < -0.3 is 10.2 Å². The van der Waals surface area contributed by atoms with Gasteiger partial charge in [-0.25, -0.2) is 4.39 Å². The normalized spacial score (nSPS) is 9.71. The van der Waals surface area contributed by atoms with E-state index in [0.717, 1.165) is 23.0 Å². The smallest absolute Gasteiger partial charge is 0.137 e. The Balaban J connectivity index is 0.000000461. The molecule has 0 saturated carbocycles. The maximum Gasteiger partial charge on any atom is 0.137 e. The Bertz CT molecular complexity index is 409. The van der Waals surface area contributed by atoms with Crippen LogP contribution < -0.4 is 5.73 Å². The lowest BCUT2D eigenvalue weighted by molar-refractivity contribution is 0.604. The summed E-state index contributed by atoms with van der Waals surface area (Å²) in [6.45, 7) is 1.98. The standard InChI is InChI=1S/C10H9FO.CH5N/c1-2-7-5-9(11)6-8-3-4-12-10(7)8;1-2/h3-6H,2H2,1H3;2H2,1H3. The van der Waals surface area contributed by atoms with Gasteiger partial charge in [0.2, 0.25) is 0 Å². The van der Waals surface area contributed by atoms with E-state index in [9.17, 15) is 4.39 Å². The molecule has 0 bridgehead atoms. The summed E-state index contributed by atoms with van der Waals surface area (Å²) in [5.74, 6) is -0.194. The third-order valence-corrected chi connectivity index (χ3v) is 1.97. The Kier molecular flexibility index (Phi) is 3.65. The van der Waals surface area contributed by atoms with E-state index in [-0.39, 0.29) is 5.82 Å². The zero-order valence-electron chi connectivity index (χ0n) is 8.38. The molecule has 2 nitrogen and oxygen atoms in total. The molecular weight excluding hydrogens is 181 g/mol. The minimum atomic E-state index is -0.194. The summed E-state index contributed by atoms with van der Waals surface area (Å²) in [7, 11) is 1.50. The number of nitrogens with two attached hydrogens (primary N) is 1. The van der Waals surface area contributed by atoms with Crippen LogP contribution in [-0.4, -0.2) is 7.05 Å². The molecule has 0 amide bonds. The summed E-state index contributed by atoms with van der Waals surface area (Å²) >= 11 is 0.